The number of hydrogen-bond donors (Lipinski definition) is 1. The maximum atomic E-state index is 11.0. The summed E-state index contributed by atoms with van der Waals surface area (Å²) in [7, 11) is 0. The van der Waals surface area contributed by atoms with Crippen LogP contribution in [0.2, 0.25) is 0 Å². The maximum Gasteiger partial charge on any atom is 0.112 e. The Bertz CT molecular complexity index is 883. The first-order valence-electron chi connectivity index (χ1n) is 11.0. The lowest BCUT2D eigenvalue weighted by molar-refractivity contribution is -0.146. The van der Waals surface area contributed by atoms with Crippen LogP contribution in [0.15, 0.2) is 104 Å². The van der Waals surface area contributed by atoms with Gasteiger partial charge in [0.2, 0.25) is 0 Å². The predicted octanol–water partition coefficient (Wildman–Crippen LogP) is 5.31. The van der Waals surface area contributed by atoms with E-state index in [-0.39, 0.29) is 12.7 Å². The molecule has 0 fully saturated rings. The summed E-state index contributed by atoms with van der Waals surface area (Å²) in [6.07, 6.45) is 0.594. The molecule has 0 saturated heterocycles. The molecule has 0 amide bonds. The second-order valence-electron chi connectivity index (χ2n) is 7.69. The summed E-state index contributed by atoms with van der Waals surface area (Å²) in [5, 5.41) is 11.0. The highest BCUT2D eigenvalue weighted by atomic mass is 16.6. The topological polar surface area (TPSA) is 47.9 Å². The van der Waals surface area contributed by atoms with Gasteiger partial charge in [0.15, 0.2) is 0 Å². The second-order valence-corrected chi connectivity index (χ2v) is 7.69. The zero-order chi connectivity index (χ0) is 22.4. The van der Waals surface area contributed by atoms with E-state index in [2.05, 4.69) is 6.58 Å². The lowest BCUT2D eigenvalue weighted by atomic mass is 10.0. The molecular formula is C28H32O4. The molecule has 3 atom stereocenters. The number of aliphatic hydroxyl groups is 1. The van der Waals surface area contributed by atoms with Gasteiger partial charge in [-0.3, -0.25) is 0 Å². The summed E-state index contributed by atoms with van der Waals surface area (Å²) >= 11 is 0. The third-order valence-electron chi connectivity index (χ3n) is 5.14. The van der Waals surface area contributed by atoms with Crippen LogP contribution in [0.1, 0.15) is 23.1 Å². The van der Waals surface area contributed by atoms with Crippen LogP contribution in [-0.4, -0.2) is 30.0 Å². The van der Waals surface area contributed by atoms with Crippen molar-refractivity contribution in [2.24, 2.45) is 0 Å². The zero-order valence-electron chi connectivity index (χ0n) is 18.4. The monoisotopic (exact) mass is 432 g/mol. The van der Waals surface area contributed by atoms with E-state index < -0.39 is 12.2 Å². The molecule has 0 aliphatic carbocycles. The molecule has 0 saturated carbocycles. The van der Waals surface area contributed by atoms with E-state index in [0.717, 1.165) is 16.7 Å². The van der Waals surface area contributed by atoms with Crippen molar-refractivity contribution in [2.75, 3.05) is 6.61 Å². The highest BCUT2D eigenvalue weighted by molar-refractivity contribution is 5.15. The molecule has 0 radical (unpaired) electrons. The minimum absolute atomic E-state index is 0.149. The van der Waals surface area contributed by atoms with Gasteiger partial charge in [-0.25, -0.2) is 0 Å². The van der Waals surface area contributed by atoms with Gasteiger partial charge in [-0.2, -0.15) is 0 Å². The van der Waals surface area contributed by atoms with Gasteiger partial charge in [0, 0.05) is 0 Å². The van der Waals surface area contributed by atoms with Crippen LogP contribution in [0.4, 0.5) is 0 Å². The molecule has 4 heteroatoms. The van der Waals surface area contributed by atoms with E-state index in [1.807, 2.05) is 91.0 Å². The van der Waals surface area contributed by atoms with Gasteiger partial charge in [-0.05, 0) is 23.1 Å². The van der Waals surface area contributed by atoms with E-state index in [1.165, 1.54) is 0 Å². The summed E-state index contributed by atoms with van der Waals surface area (Å²) in [5.74, 6) is 0. The Labute approximate surface area is 191 Å². The molecule has 32 heavy (non-hydrogen) atoms. The standard InChI is InChI=1S/C28H32O4/c1-2-12-27(31-20-24-15-8-4-9-16-24)28(32-21-25-17-10-5-11-18-25)26(29)22-30-19-23-13-6-3-7-14-23/h2-11,13-18,26-29H,1,12,19-22H2/t26-,27-,28-/m1/s1. The van der Waals surface area contributed by atoms with E-state index in [4.69, 9.17) is 14.2 Å². The van der Waals surface area contributed by atoms with Crippen molar-refractivity contribution < 1.29 is 19.3 Å². The van der Waals surface area contributed by atoms with Crippen LogP contribution < -0.4 is 0 Å². The van der Waals surface area contributed by atoms with Crippen molar-refractivity contribution in [1.29, 1.82) is 0 Å². The zero-order valence-corrected chi connectivity index (χ0v) is 18.4. The Kier molecular flexibility index (Phi) is 10.2. The molecule has 0 unspecified atom stereocenters. The van der Waals surface area contributed by atoms with Crippen molar-refractivity contribution in [3.63, 3.8) is 0 Å². The largest absolute Gasteiger partial charge is 0.388 e. The summed E-state index contributed by atoms with van der Waals surface area (Å²) < 4.78 is 18.2. The Morgan fingerprint density at radius 1 is 0.688 bits per heavy atom. The highest BCUT2D eigenvalue weighted by Gasteiger charge is 2.30. The molecule has 0 spiro atoms. The first-order valence-corrected chi connectivity index (χ1v) is 11.0. The van der Waals surface area contributed by atoms with Gasteiger partial charge in [-0.15, -0.1) is 6.58 Å². The number of aliphatic hydroxyl groups excluding tert-OH is 1. The van der Waals surface area contributed by atoms with Crippen LogP contribution in [-0.2, 0) is 34.0 Å². The quantitative estimate of drug-likeness (QED) is 0.351. The van der Waals surface area contributed by atoms with Crippen LogP contribution >= 0.6 is 0 Å². The molecule has 4 nitrogen and oxygen atoms in total. The SMILES string of the molecule is C=CC[C@@H](OCc1ccccc1)[C@H](OCc1ccccc1)[C@H](O)COCc1ccccc1. The minimum atomic E-state index is -0.844. The van der Waals surface area contributed by atoms with Crippen molar-refractivity contribution in [3.8, 4) is 0 Å². The van der Waals surface area contributed by atoms with Gasteiger partial charge in [0.1, 0.15) is 12.2 Å². The Hall–Kier alpha value is -2.76. The second kappa shape index (κ2) is 13.6. The van der Waals surface area contributed by atoms with Crippen LogP contribution in [0.5, 0.6) is 0 Å². The summed E-state index contributed by atoms with van der Waals surface area (Å²) in [5.41, 5.74) is 3.16. The summed E-state index contributed by atoms with van der Waals surface area (Å²) in [4.78, 5) is 0. The Balaban J connectivity index is 1.65. The number of rotatable bonds is 14. The predicted molar refractivity (Wildman–Crippen MR) is 127 cm³/mol. The van der Waals surface area contributed by atoms with E-state index in [0.29, 0.717) is 26.2 Å². The average Bonchev–Trinajstić information content (AvgIpc) is 2.84. The molecule has 0 aliphatic rings. The lowest BCUT2D eigenvalue weighted by Gasteiger charge is -2.30. The van der Waals surface area contributed by atoms with Crippen molar-refractivity contribution in [3.05, 3.63) is 120 Å². The molecule has 168 valence electrons. The molecule has 1 N–H and O–H groups in total. The summed E-state index contributed by atoms with van der Waals surface area (Å²) in [6.45, 7) is 5.26. The fraction of sp³-hybridized carbons (Fsp3) is 0.286. The number of hydrogen-bond acceptors (Lipinski definition) is 4. The maximum absolute atomic E-state index is 11.0. The Morgan fingerprint density at radius 3 is 1.66 bits per heavy atom. The summed E-state index contributed by atoms with van der Waals surface area (Å²) in [6, 6.07) is 29.8. The Morgan fingerprint density at radius 2 is 1.16 bits per heavy atom. The van der Waals surface area contributed by atoms with Gasteiger partial charge >= 0.3 is 0 Å². The fourth-order valence-electron chi connectivity index (χ4n) is 3.44. The number of ether oxygens (including phenoxy) is 3. The normalized spacial score (nSPS) is 13.9. The molecular weight excluding hydrogens is 400 g/mol. The van der Waals surface area contributed by atoms with Gasteiger partial charge in [0.25, 0.3) is 0 Å². The average molecular weight is 433 g/mol. The molecule has 0 aliphatic heterocycles. The van der Waals surface area contributed by atoms with E-state index in [1.54, 1.807) is 6.08 Å². The van der Waals surface area contributed by atoms with Gasteiger partial charge in [-0.1, -0.05) is 97.1 Å². The van der Waals surface area contributed by atoms with Crippen molar-refractivity contribution >= 4 is 0 Å². The smallest absolute Gasteiger partial charge is 0.112 e. The number of benzene rings is 3. The molecule has 0 bridgehead atoms. The highest BCUT2D eigenvalue weighted by Crippen LogP contribution is 2.19. The third kappa shape index (κ3) is 8.06. The van der Waals surface area contributed by atoms with E-state index in [9.17, 15) is 5.11 Å². The van der Waals surface area contributed by atoms with Crippen LogP contribution in [0.25, 0.3) is 0 Å². The fourth-order valence-corrected chi connectivity index (χ4v) is 3.44. The molecule has 0 heterocycles. The van der Waals surface area contributed by atoms with Crippen LogP contribution in [0, 0.1) is 0 Å². The minimum Gasteiger partial charge on any atom is -0.388 e. The molecule has 3 aromatic carbocycles. The van der Waals surface area contributed by atoms with Crippen molar-refractivity contribution in [2.45, 2.75) is 44.6 Å². The lowest BCUT2D eigenvalue weighted by Crippen LogP contribution is -2.43. The van der Waals surface area contributed by atoms with Gasteiger partial charge < -0.3 is 19.3 Å². The van der Waals surface area contributed by atoms with Crippen LogP contribution in [0.3, 0.4) is 0 Å². The molecule has 0 aromatic heterocycles. The third-order valence-corrected chi connectivity index (χ3v) is 5.14. The van der Waals surface area contributed by atoms with Gasteiger partial charge in [0.05, 0.1) is 32.5 Å². The van der Waals surface area contributed by atoms with E-state index >= 15 is 0 Å². The molecule has 3 rings (SSSR count). The first-order chi connectivity index (χ1) is 15.8. The molecule has 3 aromatic rings. The van der Waals surface area contributed by atoms with Crippen molar-refractivity contribution in [1.82, 2.24) is 0 Å². The first kappa shape index (κ1) is 23.9.